The molecule has 20 heavy (non-hydrogen) atoms. The number of hydrogen-bond acceptors (Lipinski definition) is 6. The van der Waals surface area contributed by atoms with Crippen LogP contribution in [0.5, 0.6) is 0 Å². The molecule has 0 spiro atoms. The average Bonchev–Trinajstić information content (AvgIpc) is 2.82. The SMILES string of the molecule is O=C(N[C@H]1CNNC1=O)OCc1ccc([N+](=O)[O-])cc1. The predicted molar refractivity (Wildman–Crippen MR) is 66.4 cm³/mol. The lowest BCUT2D eigenvalue weighted by molar-refractivity contribution is -0.384. The molecule has 2 rings (SSSR count). The highest BCUT2D eigenvalue weighted by Crippen LogP contribution is 2.12. The van der Waals surface area contributed by atoms with E-state index in [1.165, 1.54) is 24.3 Å². The van der Waals surface area contributed by atoms with Crippen LogP contribution >= 0.6 is 0 Å². The van der Waals surface area contributed by atoms with Gasteiger partial charge in [-0.15, -0.1) is 0 Å². The number of benzene rings is 1. The van der Waals surface area contributed by atoms with Gasteiger partial charge in [0.15, 0.2) is 0 Å². The standard InChI is InChI=1S/C11H12N4O5/c16-10-9(5-12-14-10)13-11(17)20-6-7-1-3-8(4-2-7)15(18)19/h1-4,9,12H,5-6H2,(H,13,17)(H,14,16)/t9-/m0/s1. The summed E-state index contributed by atoms with van der Waals surface area (Å²) in [5.41, 5.74) is 5.50. The minimum atomic E-state index is -0.729. The molecule has 1 aromatic rings. The van der Waals surface area contributed by atoms with Crippen LogP contribution in [0.4, 0.5) is 10.5 Å². The molecule has 1 aliphatic rings. The molecular formula is C11H12N4O5. The Morgan fingerprint density at radius 2 is 2.15 bits per heavy atom. The van der Waals surface area contributed by atoms with Crippen molar-refractivity contribution in [3.8, 4) is 0 Å². The van der Waals surface area contributed by atoms with E-state index in [4.69, 9.17) is 4.74 Å². The lowest BCUT2D eigenvalue weighted by Crippen LogP contribution is -2.41. The number of hydrazine groups is 1. The number of nitro benzene ring substituents is 1. The van der Waals surface area contributed by atoms with Gasteiger partial charge in [0.05, 0.1) is 4.92 Å². The van der Waals surface area contributed by atoms with Crippen LogP contribution in [-0.2, 0) is 16.1 Å². The van der Waals surface area contributed by atoms with Crippen molar-refractivity contribution in [1.82, 2.24) is 16.2 Å². The molecule has 0 radical (unpaired) electrons. The van der Waals surface area contributed by atoms with E-state index in [2.05, 4.69) is 16.2 Å². The van der Waals surface area contributed by atoms with Gasteiger partial charge in [0.2, 0.25) is 0 Å². The fraction of sp³-hybridized carbons (Fsp3) is 0.273. The number of carbonyl (C=O) groups is 2. The monoisotopic (exact) mass is 280 g/mol. The van der Waals surface area contributed by atoms with E-state index in [1.54, 1.807) is 0 Å². The Morgan fingerprint density at radius 3 is 2.70 bits per heavy atom. The second-order valence-electron chi connectivity index (χ2n) is 4.07. The number of nitrogens with zero attached hydrogens (tertiary/aromatic N) is 1. The summed E-state index contributed by atoms with van der Waals surface area (Å²) in [6.07, 6.45) is -0.729. The van der Waals surface area contributed by atoms with Gasteiger partial charge in [-0.1, -0.05) is 0 Å². The number of ether oxygens (including phenoxy) is 1. The molecule has 9 nitrogen and oxygen atoms in total. The second kappa shape index (κ2) is 5.97. The first-order chi connectivity index (χ1) is 9.56. The van der Waals surface area contributed by atoms with E-state index in [0.717, 1.165) is 0 Å². The van der Waals surface area contributed by atoms with Crippen LogP contribution in [0.25, 0.3) is 0 Å². The summed E-state index contributed by atoms with van der Waals surface area (Å²) in [5.74, 6) is -0.336. The molecule has 3 N–H and O–H groups in total. The van der Waals surface area contributed by atoms with Gasteiger partial charge in [-0.25, -0.2) is 10.2 Å². The van der Waals surface area contributed by atoms with Crippen LogP contribution in [0.3, 0.4) is 0 Å². The van der Waals surface area contributed by atoms with E-state index in [0.29, 0.717) is 5.56 Å². The molecule has 1 fully saturated rings. The van der Waals surface area contributed by atoms with Crippen LogP contribution in [0, 0.1) is 10.1 Å². The number of amides is 2. The maximum absolute atomic E-state index is 11.4. The zero-order chi connectivity index (χ0) is 14.5. The molecular weight excluding hydrogens is 268 g/mol. The third-order valence-electron chi connectivity index (χ3n) is 2.64. The summed E-state index contributed by atoms with van der Waals surface area (Å²) < 4.78 is 4.91. The zero-order valence-corrected chi connectivity index (χ0v) is 10.3. The third kappa shape index (κ3) is 3.42. The smallest absolute Gasteiger partial charge is 0.408 e. The van der Waals surface area contributed by atoms with Crippen LogP contribution in [-0.4, -0.2) is 29.5 Å². The Morgan fingerprint density at radius 1 is 1.45 bits per heavy atom. The van der Waals surface area contributed by atoms with Gasteiger partial charge in [0.25, 0.3) is 11.6 Å². The zero-order valence-electron chi connectivity index (χ0n) is 10.3. The Labute approximate surface area is 113 Å². The topological polar surface area (TPSA) is 123 Å². The van der Waals surface area contributed by atoms with Crippen molar-refractivity contribution in [3.05, 3.63) is 39.9 Å². The summed E-state index contributed by atoms with van der Waals surface area (Å²) in [5, 5.41) is 12.9. The molecule has 106 valence electrons. The molecule has 1 saturated heterocycles. The molecule has 0 aromatic heterocycles. The molecule has 1 aliphatic heterocycles. The summed E-state index contributed by atoms with van der Waals surface area (Å²) in [7, 11) is 0. The first kappa shape index (κ1) is 13.7. The molecule has 0 unspecified atom stereocenters. The fourth-order valence-electron chi connectivity index (χ4n) is 1.58. The highest BCUT2D eigenvalue weighted by molar-refractivity contribution is 5.87. The number of carbonyl (C=O) groups excluding carboxylic acids is 2. The molecule has 9 heteroatoms. The Hall–Kier alpha value is -2.68. The molecule has 2 amide bonds. The lowest BCUT2D eigenvalue weighted by Gasteiger charge is -2.09. The summed E-state index contributed by atoms with van der Waals surface area (Å²) in [6, 6.07) is 4.97. The Balaban J connectivity index is 1.81. The number of nitrogens with one attached hydrogen (secondary N) is 3. The van der Waals surface area contributed by atoms with Gasteiger partial charge in [0.1, 0.15) is 12.6 Å². The number of nitro groups is 1. The van der Waals surface area contributed by atoms with Gasteiger partial charge in [-0.3, -0.25) is 20.3 Å². The summed E-state index contributed by atoms with van der Waals surface area (Å²) >= 11 is 0. The summed E-state index contributed by atoms with van der Waals surface area (Å²) in [6.45, 7) is 0.247. The van der Waals surface area contributed by atoms with E-state index < -0.39 is 17.1 Å². The highest BCUT2D eigenvalue weighted by Gasteiger charge is 2.25. The van der Waals surface area contributed by atoms with E-state index in [1.807, 2.05) is 0 Å². The first-order valence-corrected chi connectivity index (χ1v) is 5.75. The normalized spacial score (nSPS) is 17.4. The van der Waals surface area contributed by atoms with Crippen LogP contribution in [0.15, 0.2) is 24.3 Å². The summed E-state index contributed by atoms with van der Waals surface area (Å²) in [4.78, 5) is 32.6. The largest absolute Gasteiger partial charge is 0.445 e. The van der Waals surface area contributed by atoms with Crippen molar-refractivity contribution in [1.29, 1.82) is 0 Å². The number of non-ortho nitro benzene ring substituents is 1. The third-order valence-corrected chi connectivity index (χ3v) is 2.64. The van der Waals surface area contributed by atoms with E-state index in [9.17, 15) is 19.7 Å². The maximum Gasteiger partial charge on any atom is 0.408 e. The van der Waals surface area contributed by atoms with Gasteiger partial charge in [0, 0.05) is 18.7 Å². The highest BCUT2D eigenvalue weighted by atomic mass is 16.6. The van der Waals surface area contributed by atoms with Gasteiger partial charge in [-0.05, 0) is 17.7 Å². The molecule has 0 aliphatic carbocycles. The molecule has 0 bridgehead atoms. The van der Waals surface area contributed by atoms with Crippen LogP contribution in [0.1, 0.15) is 5.56 Å². The predicted octanol–water partition coefficient (Wildman–Crippen LogP) is -0.176. The van der Waals surface area contributed by atoms with Crippen LogP contribution in [0.2, 0.25) is 0 Å². The lowest BCUT2D eigenvalue weighted by atomic mass is 10.2. The number of hydrogen-bond donors (Lipinski definition) is 3. The van der Waals surface area contributed by atoms with Gasteiger partial charge >= 0.3 is 6.09 Å². The van der Waals surface area contributed by atoms with Gasteiger partial charge in [-0.2, -0.15) is 0 Å². The maximum atomic E-state index is 11.4. The number of rotatable bonds is 4. The fourth-order valence-corrected chi connectivity index (χ4v) is 1.58. The minimum absolute atomic E-state index is 0.0353. The molecule has 1 atom stereocenters. The molecule has 1 aromatic carbocycles. The van der Waals surface area contributed by atoms with Crippen molar-refractivity contribution in [3.63, 3.8) is 0 Å². The van der Waals surface area contributed by atoms with Crippen molar-refractivity contribution in [2.75, 3.05) is 6.54 Å². The quantitative estimate of drug-likeness (QED) is 0.519. The van der Waals surface area contributed by atoms with Crippen molar-refractivity contribution < 1.29 is 19.2 Å². The molecule has 0 saturated carbocycles. The molecule has 1 heterocycles. The van der Waals surface area contributed by atoms with Crippen molar-refractivity contribution in [2.45, 2.75) is 12.6 Å². The first-order valence-electron chi connectivity index (χ1n) is 5.75. The van der Waals surface area contributed by atoms with Gasteiger partial charge < -0.3 is 10.1 Å². The minimum Gasteiger partial charge on any atom is -0.445 e. The number of alkyl carbamates (subject to hydrolysis) is 1. The Bertz CT molecular complexity index is 530. The Kier molecular flexibility index (Phi) is 4.11. The van der Waals surface area contributed by atoms with Crippen molar-refractivity contribution >= 4 is 17.7 Å². The van der Waals surface area contributed by atoms with Crippen molar-refractivity contribution in [2.24, 2.45) is 0 Å². The second-order valence-corrected chi connectivity index (χ2v) is 4.07. The van der Waals surface area contributed by atoms with E-state index in [-0.39, 0.29) is 24.7 Å². The van der Waals surface area contributed by atoms with E-state index >= 15 is 0 Å². The average molecular weight is 280 g/mol. The van der Waals surface area contributed by atoms with Crippen LogP contribution < -0.4 is 16.2 Å².